The number of fused-ring (bicyclic) bond motifs is 1. The molecule has 2 aliphatic rings. The number of amides is 1. The minimum absolute atomic E-state index is 0.0964. The number of aryl methyl sites for hydroxylation is 1. The Balaban J connectivity index is 0.000000362. The zero-order chi connectivity index (χ0) is 27.1. The molecule has 35 heavy (non-hydrogen) atoms. The topological polar surface area (TPSA) is 125 Å². The summed E-state index contributed by atoms with van der Waals surface area (Å²) in [7, 11) is 5.53. The van der Waals surface area contributed by atoms with Crippen molar-refractivity contribution < 1.29 is 55.7 Å². The van der Waals surface area contributed by atoms with Gasteiger partial charge < -0.3 is 19.8 Å². The first-order valence-corrected chi connectivity index (χ1v) is 10.1. The van der Waals surface area contributed by atoms with Crippen LogP contribution in [0.2, 0.25) is 0 Å². The fourth-order valence-electron chi connectivity index (χ4n) is 3.47. The number of hydrogen-bond donors (Lipinski definition) is 2. The highest BCUT2D eigenvalue weighted by Gasteiger charge is 2.42. The van der Waals surface area contributed by atoms with Crippen LogP contribution < -0.4 is 0 Å². The third-order valence-corrected chi connectivity index (χ3v) is 5.01. The number of alkyl halides is 6. The van der Waals surface area contributed by atoms with Crippen molar-refractivity contribution >= 4 is 17.8 Å². The van der Waals surface area contributed by atoms with Gasteiger partial charge in [0.1, 0.15) is 6.10 Å². The molecule has 16 heteroatoms. The number of rotatable bonds is 3. The first-order chi connectivity index (χ1) is 15.9. The molecule has 0 bridgehead atoms. The Hall–Kier alpha value is -2.88. The number of aliphatic carboxylic acids is 2. The number of carbonyl (C=O) groups is 3. The van der Waals surface area contributed by atoms with Crippen molar-refractivity contribution in [3.8, 4) is 0 Å². The van der Waals surface area contributed by atoms with Crippen LogP contribution in [0, 0.1) is 0 Å². The molecule has 200 valence electrons. The summed E-state index contributed by atoms with van der Waals surface area (Å²) in [4.78, 5) is 33.9. The van der Waals surface area contributed by atoms with Crippen molar-refractivity contribution in [2.45, 2.75) is 56.4 Å². The van der Waals surface area contributed by atoms with E-state index in [4.69, 9.17) is 24.5 Å². The molecule has 2 aliphatic heterocycles. The lowest BCUT2D eigenvalue weighted by Crippen LogP contribution is -2.47. The van der Waals surface area contributed by atoms with Crippen molar-refractivity contribution in [2.24, 2.45) is 7.05 Å². The van der Waals surface area contributed by atoms with Gasteiger partial charge in [-0.1, -0.05) is 0 Å². The van der Waals surface area contributed by atoms with Gasteiger partial charge in [0.05, 0.1) is 12.3 Å². The molecular formula is C19H26F6N4O6. The van der Waals surface area contributed by atoms with Gasteiger partial charge in [0.25, 0.3) is 5.91 Å². The van der Waals surface area contributed by atoms with Gasteiger partial charge in [0, 0.05) is 52.0 Å². The van der Waals surface area contributed by atoms with Crippen LogP contribution in [-0.4, -0.2) is 98.9 Å². The summed E-state index contributed by atoms with van der Waals surface area (Å²) < 4.78 is 71.4. The van der Waals surface area contributed by atoms with E-state index in [9.17, 15) is 31.1 Å². The zero-order valence-corrected chi connectivity index (χ0v) is 19.0. The van der Waals surface area contributed by atoms with Crippen LogP contribution in [0.25, 0.3) is 0 Å². The van der Waals surface area contributed by atoms with E-state index in [0.29, 0.717) is 6.04 Å². The normalized spacial score (nSPS) is 22.1. The molecular weight excluding hydrogens is 494 g/mol. The molecule has 10 nitrogen and oxygen atoms in total. The van der Waals surface area contributed by atoms with Gasteiger partial charge in [-0.25, -0.2) is 9.59 Å². The van der Waals surface area contributed by atoms with Crippen LogP contribution in [0.15, 0.2) is 12.4 Å². The second-order valence-electron chi connectivity index (χ2n) is 7.93. The lowest BCUT2D eigenvalue weighted by Gasteiger charge is -2.36. The van der Waals surface area contributed by atoms with E-state index in [2.05, 4.69) is 16.2 Å². The molecule has 3 heterocycles. The number of halogens is 6. The van der Waals surface area contributed by atoms with E-state index >= 15 is 0 Å². The monoisotopic (exact) mass is 520 g/mol. The second-order valence-corrected chi connectivity index (χ2v) is 7.93. The highest BCUT2D eigenvalue weighted by molar-refractivity contribution is 5.80. The Morgan fingerprint density at radius 3 is 1.97 bits per heavy atom. The van der Waals surface area contributed by atoms with Crippen molar-refractivity contribution in [1.29, 1.82) is 0 Å². The Kier molecular flexibility index (Phi) is 10.5. The fourth-order valence-corrected chi connectivity index (χ4v) is 3.47. The number of hydrogen-bond acceptors (Lipinski definition) is 6. The number of carboxylic acid groups (broad SMARTS) is 2. The smallest absolute Gasteiger partial charge is 0.475 e. The number of nitrogens with zero attached hydrogens (tertiary/aromatic N) is 4. The highest BCUT2D eigenvalue weighted by atomic mass is 19.4. The van der Waals surface area contributed by atoms with Gasteiger partial charge in [0.2, 0.25) is 0 Å². The predicted molar refractivity (Wildman–Crippen MR) is 106 cm³/mol. The maximum atomic E-state index is 12.0. The van der Waals surface area contributed by atoms with Gasteiger partial charge >= 0.3 is 24.3 Å². The largest absolute Gasteiger partial charge is 0.490 e. The summed E-state index contributed by atoms with van der Waals surface area (Å²) in [5, 5.41) is 18.5. The van der Waals surface area contributed by atoms with Crippen LogP contribution in [0.1, 0.15) is 24.8 Å². The first kappa shape index (κ1) is 30.2. The molecule has 0 aliphatic carbocycles. The fraction of sp³-hybridized carbons (Fsp3) is 0.684. The van der Waals surface area contributed by atoms with E-state index in [-0.39, 0.29) is 18.1 Å². The zero-order valence-electron chi connectivity index (χ0n) is 19.0. The van der Waals surface area contributed by atoms with E-state index in [0.717, 1.165) is 32.4 Å². The van der Waals surface area contributed by atoms with Crippen LogP contribution in [0.3, 0.4) is 0 Å². The number of likely N-dealkylation sites (tertiary alicyclic amines) is 1. The maximum absolute atomic E-state index is 12.0. The lowest BCUT2D eigenvalue weighted by atomic mass is 9.98. The van der Waals surface area contributed by atoms with Crippen LogP contribution in [-0.2, 0) is 32.7 Å². The summed E-state index contributed by atoms with van der Waals surface area (Å²) in [6, 6.07) is 0.441. The molecule has 1 amide bonds. The molecule has 2 fully saturated rings. The third-order valence-electron chi connectivity index (χ3n) is 5.01. The van der Waals surface area contributed by atoms with E-state index in [1.807, 2.05) is 17.9 Å². The summed E-state index contributed by atoms with van der Waals surface area (Å²) in [6.07, 6.45) is -3.35. The molecule has 0 unspecified atom stereocenters. The number of aromatic nitrogens is 2. The maximum Gasteiger partial charge on any atom is 0.490 e. The molecule has 1 aromatic rings. The summed E-state index contributed by atoms with van der Waals surface area (Å²) >= 11 is 0. The summed E-state index contributed by atoms with van der Waals surface area (Å²) in [6.45, 7) is 1.96. The van der Waals surface area contributed by atoms with Crippen LogP contribution >= 0.6 is 0 Å². The van der Waals surface area contributed by atoms with Gasteiger partial charge in [-0.05, 0) is 19.3 Å². The molecule has 0 spiro atoms. The number of carbonyl (C=O) groups excluding carboxylic acids is 1. The van der Waals surface area contributed by atoms with Crippen LogP contribution in [0.4, 0.5) is 26.3 Å². The summed E-state index contributed by atoms with van der Waals surface area (Å²) in [5.74, 6) is -5.42. The molecule has 3 rings (SSSR count). The predicted octanol–water partition coefficient (Wildman–Crippen LogP) is 1.90. The number of carboxylic acids is 2. The molecule has 0 aromatic carbocycles. The minimum atomic E-state index is -5.08. The summed E-state index contributed by atoms with van der Waals surface area (Å²) in [5.41, 5.74) is 1.24. The SMILES string of the molecule is CN(C)C(=O)[C@H]1CC[C@@H]2[C@@H](CCN2Cc2cnn(C)c2)O1.O=C(O)C(F)(F)F.O=C(O)C(F)(F)F. The molecule has 0 radical (unpaired) electrons. The van der Waals surface area contributed by atoms with E-state index in [1.165, 1.54) is 5.56 Å². The number of likely N-dealkylation sites (N-methyl/N-ethyl adjacent to an activating group) is 1. The molecule has 3 atom stereocenters. The van der Waals surface area contributed by atoms with Gasteiger partial charge in [0.15, 0.2) is 0 Å². The number of ether oxygens (including phenoxy) is 1. The average Bonchev–Trinajstić information content (AvgIpc) is 3.32. The lowest BCUT2D eigenvalue weighted by molar-refractivity contribution is -0.193. The Morgan fingerprint density at radius 1 is 1.06 bits per heavy atom. The average molecular weight is 520 g/mol. The molecule has 1 aromatic heterocycles. The second kappa shape index (κ2) is 12.2. The first-order valence-electron chi connectivity index (χ1n) is 10.1. The van der Waals surface area contributed by atoms with Gasteiger partial charge in [-0.2, -0.15) is 31.4 Å². The minimum Gasteiger partial charge on any atom is -0.475 e. The van der Waals surface area contributed by atoms with Crippen molar-refractivity contribution in [1.82, 2.24) is 19.6 Å². The quantitative estimate of drug-likeness (QED) is 0.579. The molecule has 2 N–H and O–H groups in total. The van der Waals surface area contributed by atoms with E-state index < -0.39 is 24.3 Å². The standard InChI is InChI=1S/C15H24N4O2.2C2HF3O2/c1-17(2)15(20)14-5-4-12-13(21-14)6-7-19(12)10-11-8-16-18(3)9-11;2*3-2(4,5)1(6)7/h8-9,12-14H,4-7,10H2,1-3H3;2*(H,6,7)/t12-,13-,14-;;/m1../s1. The third kappa shape index (κ3) is 9.71. The van der Waals surface area contributed by atoms with Crippen molar-refractivity contribution in [3.63, 3.8) is 0 Å². The Bertz CT molecular complexity index is 849. The van der Waals surface area contributed by atoms with Gasteiger partial charge in [-0.3, -0.25) is 14.4 Å². The molecule has 0 saturated carbocycles. The van der Waals surface area contributed by atoms with E-state index in [1.54, 1.807) is 19.0 Å². The molecule has 2 saturated heterocycles. The van der Waals surface area contributed by atoms with Crippen LogP contribution in [0.5, 0.6) is 0 Å². The Labute approximate surface area is 196 Å². The van der Waals surface area contributed by atoms with Crippen molar-refractivity contribution in [3.05, 3.63) is 18.0 Å². The van der Waals surface area contributed by atoms with Gasteiger partial charge in [-0.15, -0.1) is 0 Å². The highest BCUT2D eigenvalue weighted by Crippen LogP contribution is 2.32. The van der Waals surface area contributed by atoms with Crippen molar-refractivity contribution in [2.75, 3.05) is 20.6 Å². The Morgan fingerprint density at radius 2 is 1.57 bits per heavy atom.